The third kappa shape index (κ3) is 6.32. The van der Waals surface area contributed by atoms with Gasteiger partial charge in [0.15, 0.2) is 0 Å². The van der Waals surface area contributed by atoms with Crippen LogP contribution >= 0.6 is 0 Å². The summed E-state index contributed by atoms with van der Waals surface area (Å²) in [5, 5.41) is 6.00. The number of rotatable bonds is 10. The number of nitrogens with zero attached hydrogens (tertiary/aromatic N) is 2. The first-order valence-electron chi connectivity index (χ1n) is 11.5. The van der Waals surface area contributed by atoms with Crippen LogP contribution in [0.2, 0.25) is 0 Å². The van der Waals surface area contributed by atoms with Crippen molar-refractivity contribution in [2.45, 2.75) is 31.7 Å². The van der Waals surface area contributed by atoms with Crippen LogP contribution in [0.25, 0.3) is 0 Å². The minimum atomic E-state index is -3.70. The molecule has 2 aromatic rings. The van der Waals surface area contributed by atoms with E-state index in [-0.39, 0.29) is 29.2 Å². The number of hydrogen-bond donors (Lipinski definition) is 2. The van der Waals surface area contributed by atoms with Crippen LogP contribution in [0.4, 0.5) is 15.8 Å². The number of ether oxygens (including phenoxy) is 1. The van der Waals surface area contributed by atoms with Crippen LogP contribution < -0.4 is 15.5 Å². The first kappa shape index (κ1) is 26.1. The molecule has 0 aliphatic carbocycles. The lowest BCUT2D eigenvalue weighted by atomic mass is 10.1. The molecule has 10 heteroatoms. The van der Waals surface area contributed by atoms with Crippen molar-refractivity contribution in [1.82, 2.24) is 9.62 Å². The van der Waals surface area contributed by atoms with Crippen molar-refractivity contribution >= 4 is 27.3 Å². The second-order valence-corrected chi connectivity index (χ2v) is 10.0. The fourth-order valence-corrected chi connectivity index (χ4v) is 5.30. The lowest BCUT2D eigenvalue weighted by Gasteiger charge is -2.28. The molecule has 0 spiro atoms. The average molecular weight is 493 g/mol. The number of anilines is 2. The Morgan fingerprint density at radius 3 is 2.38 bits per heavy atom. The van der Waals surface area contributed by atoms with Gasteiger partial charge in [-0.2, -0.15) is 4.31 Å². The van der Waals surface area contributed by atoms with Gasteiger partial charge in [0.2, 0.25) is 15.9 Å². The third-order valence-electron chi connectivity index (χ3n) is 5.89. The predicted molar refractivity (Wildman–Crippen MR) is 131 cm³/mol. The number of carbonyl (C=O) groups is 1. The summed E-state index contributed by atoms with van der Waals surface area (Å²) in [5.41, 5.74) is 2.06. The van der Waals surface area contributed by atoms with Crippen molar-refractivity contribution in [1.29, 1.82) is 0 Å². The van der Waals surface area contributed by atoms with E-state index in [1.807, 2.05) is 20.8 Å². The Kier molecular flexibility index (Phi) is 9.01. The van der Waals surface area contributed by atoms with Crippen molar-refractivity contribution in [2.75, 3.05) is 56.2 Å². The van der Waals surface area contributed by atoms with Crippen LogP contribution in [0.1, 0.15) is 32.4 Å². The van der Waals surface area contributed by atoms with E-state index in [9.17, 15) is 17.6 Å². The molecule has 1 aliphatic heterocycles. The molecule has 34 heavy (non-hydrogen) atoms. The normalized spacial score (nSPS) is 15.6. The Morgan fingerprint density at radius 2 is 1.76 bits per heavy atom. The second-order valence-electron chi connectivity index (χ2n) is 8.07. The van der Waals surface area contributed by atoms with Crippen molar-refractivity contribution in [3.63, 3.8) is 0 Å². The maximum Gasteiger partial charge on any atom is 0.243 e. The van der Waals surface area contributed by atoms with Crippen molar-refractivity contribution in [3.8, 4) is 0 Å². The molecule has 0 saturated carbocycles. The number of halogens is 1. The van der Waals surface area contributed by atoms with E-state index in [1.54, 1.807) is 24.3 Å². The zero-order chi connectivity index (χ0) is 24.7. The number of carbonyl (C=O) groups excluding carboxylic acids is 1. The van der Waals surface area contributed by atoms with E-state index in [1.165, 1.54) is 22.5 Å². The van der Waals surface area contributed by atoms with Gasteiger partial charge >= 0.3 is 0 Å². The quantitative estimate of drug-likeness (QED) is 0.530. The minimum absolute atomic E-state index is 0.0106. The van der Waals surface area contributed by atoms with E-state index in [2.05, 4.69) is 15.5 Å². The van der Waals surface area contributed by atoms with Crippen molar-refractivity contribution < 1.29 is 22.3 Å². The molecule has 1 aliphatic rings. The summed E-state index contributed by atoms with van der Waals surface area (Å²) in [7, 11) is -3.70. The highest BCUT2D eigenvalue weighted by Crippen LogP contribution is 2.30. The first-order valence-corrected chi connectivity index (χ1v) is 13.0. The predicted octanol–water partition coefficient (Wildman–Crippen LogP) is 2.98. The number of hydrogen-bond acceptors (Lipinski definition) is 6. The van der Waals surface area contributed by atoms with Crippen LogP contribution in [0.3, 0.4) is 0 Å². The Labute approximate surface area is 201 Å². The molecular formula is C24H33FN4O4S. The van der Waals surface area contributed by atoms with Gasteiger partial charge in [-0.05, 0) is 56.7 Å². The molecule has 0 aromatic heterocycles. The fraction of sp³-hybridized carbons (Fsp3) is 0.458. The Morgan fingerprint density at radius 1 is 1.12 bits per heavy atom. The van der Waals surface area contributed by atoms with Crippen LogP contribution in [0.5, 0.6) is 0 Å². The first-order chi connectivity index (χ1) is 16.3. The van der Waals surface area contributed by atoms with Gasteiger partial charge < -0.3 is 20.3 Å². The summed E-state index contributed by atoms with van der Waals surface area (Å²) in [6, 6.07) is 10.8. The highest BCUT2D eigenvalue weighted by atomic mass is 32.2. The van der Waals surface area contributed by atoms with E-state index in [0.717, 1.165) is 11.3 Å². The zero-order valence-corrected chi connectivity index (χ0v) is 20.7. The minimum Gasteiger partial charge on any atom is -0.379 e. The molecule has 8 nitrogen and oxygen atoms in total. The standard InChI is InChI=1S/C24H33FN4O4S/c1-4-28(5-2)23-11-10-21(34(31,32)29-12-14-33-15-13-29)16-22(23)27-24(30)17-26-18(3)19-6-8-20(25)9-7-19/h6-11,16,18,26H,4-5,12-15,17H2,1-3H3,(H,27,30). The molecule has 1 fully saturated rings. The highest BCUT2D eigenvalue weighted by Gasteiger charge is 2.27. The molecule has 2 N–H and O–H groups in total. The van der Waals surface area contributed by atoms with E-state index in [0.29, 0.717) is 45.1 Å². The molecule has 0 radical (unpaired) electrons. The van der Waals surface area contributed by atoms with Crippen LogP contribution in [0.15, 0.2) is 47.4 Å². The lowest BCUT2D eigenvalue weighted by Crippen LogP contribution is -2.40. The maximum absolute atomic E-state index is 13.2. The smallest absolute Gasteiger partial charge is 0.243 e. The Hall–Kier alpha value is -2.53. The molecule has 1 heterocycles. The molecule has 1 saturated heterocycles. The summed E-state index contributed by atoms with van der Waals surface area (Å²) >= 11 is 0. The lowest BCUT2D eigenvalue weighted by molar-refractivity contribution is -0.115. The molecule has 1 atom stereocenters. The van der Waals surface area contributed by atoms with Gasteiger partial charge in [0, 0.05) is 32.2 Å². The van der Waals surface area contributed by atoms with Gasteiger partial charge in [-0.1, -0.05) is 12.1 Å². The van der Waals surface area contributed by atoms with Crippen LogP contribution in [-0.2, 0) is 19.6 Å². The van der Waals surface area contributed by atoms with Crippen molar-refractivity contribution in [3.05, 3.63) is 53.8 Å². The topological polar surface area (TPSA) is 91.0 Å². The number of amides is 1. The van der Waals surface area contributed by atoms with E-state index < -0.39 is 10.0 Å². The zero-order valence-electron chi connectivity index (χ0n) is 19.9. The van der Waals surface area contributed by atoms with Crippen LogP contribution in [-0.4, -0.2) is 64.6 Å². The van der Waals surface area contributed by atoms with E-state index >= 15 is 0 Å². The number of sulfonamides is 1. The molecule has 0 bridgehead atoms. The summed E-state index contributed by atoms with van der Waals surface area (Å²) in [5.74, 6) is -0.618. The number of nitrogens with one attached hydrogen (secondary N) is 2. The van der Waals surface area contributed by atoms with Crippen LogP contribution in [0, 0.1) is 5.82 Å². The summed E-state index contributed by atoms with van der Waals surface area (Å²) in [6.45, 7) is 8.62. The second kappa shape index (κ2) is 11.7. The largest absolute Gasteiger partial charge is 0.379 e. The number of benzene rings is 2. The Bertz CT molecular complexity index is 1070. The number of morpholine rings is 1. The Balaban J connectivity index is 1.78. The molecule has 1 amide bonds. The van der Waals surface area contributed by atoms with Gasteiger partial charge in [-0.3, -0.25) is 4.79 Å². The van der Waals surface area contributed by atoms with Crippen molar-refractivity contribution in [2.24, 2.45) is 0 Å². The highest BCUT2D eigenvalue weighted by molar-refractivity contribution is 7.89. The summed E-state index contributed by atoms with van der Waals surface area (Å²) in [4.78, 5) is 15.0. The average Bonchev–Trinajstić information content (AvgIpc) is 2.85. The molecule has 2 aromatic carbocycles. The van der Waals surface area contributed by atoms with E-state index in [4.69, 9.17) is 4.74 Å². The molecule has 3 rings (SSSR count). The summed E-state index contributed by atoms with van der Waals surface area (Å²) in [6.07, 6.45) is 0. The van der Waals surface area contributed by atoms with Gasteiger partial charge in [0.1, 0.15) is 5.82 Å². The third-order valence-corrected chi connectivity index (χ3v) is 7.79. The fourth-order valence-electron chi connectivity index (χ4n) is 3.86. The molecule has 1 unspecified atom stereocenters. The van der Waals surface area contributed by atoms with Gasteiger partial charge in [0.05, 0.1) is 36.0 Å². The summed E-state index contributed by atoms with van der Waals surface area (Å²) < 4.78 is 46.1. The van der Waals surface area contributed by atoms with Gasteiger partial charge in [0.25, 0.3) is 0 Å². The molecular weight excluding hydrogens is 459 g/mol. The SMILES string of the molecule is CCN(CC)c1ccc(S(=O)(=O)N2CCOCC2)cc1NC(=O)CNC(C)c1ccc(F)cc1. The van der Waals surface area contributed by atoms with Gasteiger partial charge in [-0.15, -0.1) is 0 Å². The molecule has 186 valence electrons. The monoisotopic (exact) mass is 492 g/mol. The maximum atomic E-state index is 13.2. The van der Waals surface area contributed by atoms with Gasteiger partial charge in [-0.25, -0.2) is 12.8 Å².